The van der Waals surface area contributed by atoms with Gasteiger partial charge in [-0.05, 0) is 0 Å². The van der Waals surface area contributed by atoms with E-state index in [-0.39, 0.29) is 0 Å². The molecule has 24 heteroatoms. The first kappa shape index (κ1) is 44.4. The van der Waals surface area contributed by atoms with E-state index in [1.54, 1.807) is 0 Å². The average Bonchev–Trinajstić information content (AvgIpc) is 3.12. The van der Waals surface area contributed by atoms with Crippen LogP contribution in [0.4, 0.5) is 0 Å². The van der Waals surface area contributed by atoms with Gasteiger partial charge in [0, 0.05) is 20.8 Å². The van der Waals surface area contributed by atoms with Crippen LogP contribution in [-0.4, -0.2) is 218 Å². The largest absolute Gasteiger partial charge is 0.394 e. The smallest absolute Gasteiger partial charge is 0.217 e. The first-order valence-electron chi connectivity index (χ1n) is 17.1. The van der Waals surface area contributed by atoms with Gasteiger partial charge in [0.2, 0.25) is 17.7 Å². The van der Waals surface area contributed by atoms with Crippen molar-refractivity contribution in [3.63, 3.8) is 0 Å². The molecule has 0 aliphatic carbocycles. The van der Waals surface area contributed by atoms with Gasteiger partial charge in [0.15, 0.2) is 25.2 Å². The molecule has 0 aromatic carbocycles. The predicted octanol–water partition coefficient (Wildman–Crippen LogP) is -9.35. The van der Waals surface area contributed by atoms with Crippen molar-refractivity contribution in [3.05, 3.63) is 0 Å². The van der Waals surface area contributed by atoms with Crippen LogP contribution in [0.1, 0.15) is 20.8 Å². The molecule has 4 fully saturated rings. The summed E-state index contributed by atoms with van der Waals surface area (Å²) in [5, 5.41) is 112. The first-order chi connectivity index (χ1) is 25.5. The zero-order valence-corrected chi connectivity index (χ0v) is 29.5. The lowest BCUT2D eigenvalue weighted by Gasteiger charge is -2.50. The maximum atomic E-state index is 12.3. The molecule has 20 atom stereocenters. The summed E-state index contributed by atoms with van der Waals surface area (Å²) in [5.41, 5.74) is 5.98. The molecule has 4 saturated heterocycles. The van der Waals surface area contributed by atoms with Gasteiger partial charge < -0.3 is 106 Å². The Morgan fingerprint density at radius 1 is 0.500 bits per heavy atom. The van der Waals surface area contributed by atoms with Crippen molar-refractivity contribution < 1.29 is 98.6 Å². The molecule has 0 aromatic heterocycles. The minimum Gasteiger partial charge on any atom is -0.394 e. The maximum absolute atomic E-state index is 12.3. The number of hydrogen-bond acceptors (Lipinski definition) is 21. The highest BCUT2D eigenvalue weighted by Gasteiger charge is 2.56. The average molecular weight is 789 g/mol. The van der Waals surface area contributed by atoms with E-state index >= 15 is 0 Å². The fourth-order valence-electron chi connectivity index (χ4n) is 6.81. The zero-order chi connectivity index (χ0) is 40.2. The van der Waals surface area contributed by atoms with E-state index in [2.05, 4.69) is 16.0 Å². The van der Waals surface area contributed by atoms with E-state index in [1.807, 2.05) is 0 Å². The second-order valence-electron chi connectivity index (χ2n) is 13.4. The highest BCUT2D eigenvalue weighted by molar-refractivity contribution is 5.74. The quantitative estimate of drug-likeness (QED) is 0.0824. The van der Waals surface area contributed by atoms with Gasteiger partial charge in [0.25, 0.3) is 0 Å². The summed E-state index contributed by atoms with van der Waals surface area (Å²) in [7, 11) is 0. The second-order valence-corrected chi connectivity index (χ2v) is 13.4. The number of carbonyl (C=O) groups excluding carboxylic acids is 3. The first-order valence-corrected chi connectivity index (χ1v) is 17.1. The van der Waals surface area contributed by atoms with Crippen molar-refractivity contribution in [2.45, 2.75) is 143 Å². The summed E-state index contributed by atoms with van der Waals surface area (Å²) in [6, 6.07) is -6.00. The summed E-state index contributed by atoms with van der Waals surface area (Å²) < 4.78 is 40.3. The molecule has 4 rings (SSSR count). The minimum atomic E-state index is -1.87. The molecule has 0 spiro atoms. The molecule has 24 nitrogen and oxygen atoms in total. The van der Waals surface area contributed by atoms with Crippen molar-refractivity contribution in [1.82, 2.24) is 16.0 Å². The lowest BCUT2D eigenvalue weighted by Crippen LogP contribution is -2.71. The number of rotatable bonds is 13. The van der Waals surface area contributed by atoms with Crippen molar-refractivity contribution >= 4 is 17.7 Å². The summed E-state index contributed by atoms with van der Waals surface area (Å²) in [5.74, 6) is -2.11. The van der Waals surface area contributed by atoms with Crippen LogP contribution in [0.15, 0.2) is 0 Å². The van der Waals surface area contributed by atoms with Crippen molar-refractivity contribution in [3.8, 4) is 0 Å². The monoisotopic (exact) mass is 788 g/mol. The number of ether oxygens (including phenoxy) is 7. The van der Waals surface area contributed by atoms with E-state index in [1.165, 1.54) is 0 Å². The Bertz CT molecular complexity index is 1260. The topological polar surface area (TPSA) is 380 Å². The lowest BCUT2D eigenvalue weighted by molar-refractivity contribution is -0.361. The van der Waals surface area contributed by atoms with Gasteiger partial charge in [-0.1, -0.05) is 0 Å². The highest BCUT2D eigenvalue weighted by Crippen LogP contribution is 2.34. The lowest BCUT2D eigenvalue weighted by atomic mass is 9.93. The molecular weight excluding hydrogens is 736 g/mol. The van der Waals surface area contributed by atoms with Gasteiger partial charge in [0.05, 0.1) is 32.5 Å². The summed E-state index contributed by atoms with van der Waals surface area (Å²) >= 11 is 0. The third kappa shape index (κ3) is 9.79. The van der Waals surface area contributed by atoms with Crippen LogP contribution in [0.3, 0.4) is 0 Å². The van der Waals surface area contributed by atoms with Crippen LogP contribution in [0.2, 0.25) is 0 Å². The molecular formula is C30H52N4O20. The Labute approximate surface area is 308 Å². The van der Waals surface area contributed by atoms with E-state index in [0.717, 1.165) is 20.8 Å². The van der Waals surface area contributed by atoms with Gasteiger partial charge in [-0.15, -0.1) is 0 Å². The number of nitrogens with one attached hydrogen (secondary N) is 3. The van der Waals surface area contributed by atoms with Crippen LogP contribution in [-0.2, 0) is 47.5 Å². The highest BCUT2D eigenvalue weighted by atomic mass is 16.8. The van der Waals surface area contributed by atoms with Gasteiger partial charge in [-0.3, -0.25) is 14.4 Å². The molecule has 0 bridgehead atoms. The number of carbonyl (C=O) groups is 3. The fraction of sp³-hybridized carbons (Fsp3) is 0.900. The molecule has 4 heterocycles. The predicted molar refractivity (Wildman–Crippen MR) is 171 cm³/mol. The van der Waals surface area contributed by atoms with Crippen molar-refractivity contribution in [2.24, 2.45) is 5.73 Å². The Balaban J connectivity index is 1.59. The zero-order valence-electron chi connectivity index (χ0n) is 29.5. The molecule has 0 aromatic rings. The maximum Gasteiger partial charge on any atom is 0.217 e. The SMILES string of the molecule is CC(=O)N[C@@H]1C(O)[C@H](O[C@@H]2O[C@H](CO)[C@@H](O)C(O)[C@@H]2N)[C@@H](CO)O[C@H]1O[C@H]1C(O)[C@H](NC(C)=O)[C@H](O[C@H]2C(O)[C@@H](NC(C)=O)[C@H](O)O[C@@H]2CO)O[C@@H]1CO. The van der Waals surface area contributed by atoms with Gasteiger partial charge in [-0.2, -0.15) is 0 Å². The van der Waals surface area contributed by atoms with Crippen molar-refractivity contribution in [1.29, 1.82) is 0 Å². The molecule has 4 unspecified atom stereocenters. The van der Waals surface area contributed by atoms with Crippen LogP contribution in [0.5, 0.6) is 0 Å². The molecule has 54 heavy (non-hydrogen) atoms. The third-order valence-corrected chi connectivity index (χ3v) is 9.49. The minimum absolute atomic E-state index is 0.655. The van der Waals surface area contributed by atoms with Crippen LogP contribution < -0.4 is 21.7 Å². The van der Waals surface area contributed by atoms with E-state index < -0.39 is 167 Å². The number of nitrogens with two attached hydrogens (primary N) is 1. The Morgan fingerprint density at radius 3 is 1.22 bits per heavy atom. The third-order valence-electron chi connectivity index (χ3n) is 9.49. The summed E-state index contributed by atoms with van der Waals surface area (Å²) in [4.78, 5) is 36.3. The number of aliphatic hydroxyl groups is 10. The van der Waals surface area contributed by atoms with Gasteiger partial charge in [0.1, 0.15) is 91.4 Å². The molecule has 0 radical (unpaired) electrons. The van der Waals surface area contributed by atoms with E-state index in [9.17, 15) is 65.4 Å². The molecule has 312 valence electrons. The van der Waals surface area contributed by atoms with E-state index in [0.29, 0.717) is 0 Å². The Kier molecular flexibility index (Phi) is 15.8. The standard InChI is InChI=1S/C30H52N4O20/c1-8(39)32-16-21(44)24(12(5-36)48-27(16)47)53-29-18(34-10(3)41)23(46)26(14(7-38)51-29)54-30-17(33-9(2)40)22(45)25(13(6-37)50-30)52-28-15(31)20(43)19(42)11(4-35)49-28/h11-30,35-38,42-47H,4-7,31H2,1-3H3,(H,32,39)(H,33,40)(H,34,41)/t11-,12-,13-,14-,15+,16-,17-,18+,19-,20?,21?,22?,23?,24-,25-,26-,27-,28+,29+,30+/m1/s1. The van der Waals surface area contributed by atoms with Gasteiger partial charge >= 0.3 is 0 Å². The second kappa shape index (κ2) is 19.2. The van der Waals surface area contributed by atoms with Crippen LogP contribution in [0, 0.1) is 0 Å². The fourth-order valence-corrected chi connectivity index (χ4v) is 6.81. The molecule has 15 N–H and O–H groups in total. The number of amides is 3. The van der Waals surface area contributed by atoms with E-state index in [4.69, 9.17) is 38.9 Å². The molecule has 0 saturated carbocycles. The van der Waals surface area contributed by atoms with Crippen LogP contribution >= 0.6 is 0 Å². The Hall–Kier alpha value is -2.31. The molecule has 3 amide bonds. The molecule has 4 aliphatic rings. The number of aliphatic hydroxyl groups excluding tert-OH is 10. The molecule has 4 aliphatic heterocycles. The normalized spacial score (nSPS) is 45.7. The summed E-state index contributed by atoms with van der Waals surface area (Å²) in [6.45, 7) is -0.0467. The van der Waals surface area contributed by atoms with Crippen molar-refractivity contribution in [2.75, 3.05) is 26.4 Å². The number of hydrogen-bond donors (Lipinski definition) is 14. The summed E-state index contributed by atoms with van der Waals surface area (Å²) in [6.07, 6.45) is -26.1. The van der Waals surface area contributed by atoms with Crippen LogP contribution in [0.25, 0.3) is 0 Å². The Morgan fingerprint density at radius 2 is 0.833 bits per heavy atom. The van der Waals surface area contributed by atoms with Gasteiger partial charge in [-0.25, -0.2) is 0 Å².